The van der Waals surface area contributed by atoms with Crippen LogP contribution in [0, 0.1) is 0 Å². The molecule has 0 saturated heterocycles. The lowest BCUT2D eigenvalue weighted by Crippen LogP contribution is -2.19. The lowest BCUT2D eigenvalue weighted by Gasteiger charge is -2.14. The first kappa shape index (κ1) is 27.9. The van der Waals surface area contributed by atoms with Crippen molar-refractivity contribution < 1.29 is 38.8 Å². The van der Waals surface area contributed by atoms with Crippen molar-refractivity contribution in [2.75, 3.05) is 27.4 Å². The largest absolute Gasteiger partial charge is 0.493 e. The number of aromatic nitrogens is 1. The molecule has 3 N–H and O–H groups in total. The summed E-state index contributed by atoms with van der Waals surface area (Å²) in [6, 6.07) is 17.5. The number of para-hydroxylation sites is 1. The van der Waals surface area contributed by atoms with Crippen molar-refractivity contribution in [3.05, 3.63) is 77.6 Å². The molecule has 0 aliphatic heterocycles. The third-order valence-corrected chi connectivity index (χ3v) is 5.02. The van der Waals surface area contributed by atoms with E-state index in [-0.39, 0.29) is 5.97 Å². The van der Waals surface area contributed by atoms with Gasteiger partial charge >= 0.3 is 17.9 Å². The van der Waals surface area contributed by atoms with Crippen LogP contribution in [-0.2, 0) is 27.3 Å². The van der Waals surface area contributed by atoms with Crippen molar-refractivity contribution in [1.82, 2.24) is 9.88 Å². The van der Waals surface area contributed by atoms with Crippen molar-refractivity contribution in [3.63, 3.8) is 0 Å². The fourth-order valence-corrected chi connectivity index (χ4v) is 3.35. The van der Waals surface area contributed by atoms with Crippen LogP contribution in [0.3, 0.4) is 0 Å². The van der Waals surface area contributed by atoms with E-state index in [1.165, 1.54) is 5.56 Å². The first-order chi connectivity index (χ1) is 17.3. The van der Waals surface area contributed by atoms with Gasteiger partial charge in [-0.05, 0) is 61.9 Å². The number of esters is 1. The number of carboxylic acids is 2. The molecule has 0 bridgehead atoms. The van der Waals surface area contributed by atoms with Crippen LogP contribution >= 0.6 is 0 Å². The van der Waals surface area contributed by atoms with Gasteiger partial charge in [0.15, 0.2) is 11.5 Å². The molecule has 0 saturated carbocycles. The van der Waals surface area contributed by atoms with Crippen LogP contribution in [0.1, 0.15) is 28.5 Å². The fourth-order valence-electron chi connectivity index (χ4n) is 3.35. The number of carbonyl (C=O) groups excluding carboxylic acids is 1. The maximum atomic E-state index is 12.3. The molecule has 0 fully saturated rings. The van der Waals surface area contributed by atoms with Crippen molar-refractivity contribution >= 4 is 17.9 Å². The molecule has 0 spiro atoms. The Morgan fingerprint density at radius 3 is 2.25 bits per heavy atom. The van der Waals surface area contributed by atoms with Crippen molar-refractivity contribution in [3.8, 4) is 17.2 Å². The molecule has 3 rings (SSSR count). The van der Waals surface area contributed by atoms with Crippen LogP contribution in [0.25, 0.3) is 5.69 Å². The average Bonchev–Trinajstić information content (AvgIpc) is 3.35. The molecule has 0 radical (unpaired) electrons. The molecule has 10 nitrogen and oxygen atoms in total. The van der Waals surface area contributed by atoms with Crippen LogP contribution in [0.4, 0.5) is 0 Å². The summed E-state index contributed by atoms with van der Waals surface area (Å²) in [6.45, 7) is 3.64. The number of nitrogens with one attached hydrogen (secondary N) is 1. The highest BCUT2D eigenvalue weighted by Gasteiger charge is 2.14. The number of ether oxygens (including phenoxy) is 3. The van der Waals surface area contributed by atoms with Gasteiger partial charge in [0.2, 0.25) is 0 Å². The Morgan fingerprint density at radius 2 is 1.61 bits per heavy atom. The van der Waals surface area contributed by atoms with Gasteiger partial charge in [-0.3, -0.25) is 0 Å². The fraction of sp³-hybridized carbons (Fsp3) is 0.269. The predicted octanol–water partition coefficient (Wildman–Crippen LogP) is 3.16. The second-order valence-corrected chi connectivity index (χ2v) is 7.33. The third-order valence-electron chi connectivity index (χ3n) is 5.02. The average molecular weight is 499 g/mol. The smallest absolute Gasteiger partial charge is 0.414 e. The normalized spacial score (nSPS) is 10.1. The zero-order valence-corrected chi connectivity index (χ0v) is 20.4. The van der Waals surface area contributed by atoms with E-state index in [1.807, 2.05) is 66.2 Å². The van der Waals surface area contributed by atoms with Gasteiger partial charge in [-0.15, -0.1) is 0 Å². The Hall–Kier alpha value is -4.31. The van der Waals surface area contributed by atoms with Crippen LogP contribution in [-0.4, -0.2) is 60.1 Å². The van der Waals surface area contributed by atoms with Crippen LogP contribution in [0.2, 0.25) is 0 Å². The SMILES string of the molecule is CCOC(=O)c1ccccc1-n1cccc1CNCCc1ccc(OC)c(OC)c1.O=C(O)C(=O)O. The topological polar surface area (TPSA) is 136 Å². The van der Waals surface area contributed by atoms with E-state index < -0.39 is 11.9 Å². The summed E-state index contributed by atoms with van der Waals surface area (Å²) in [6.07, 6.45) is 2.82. The first-order valence-electron chi connectivity index (χ1n) is 11.1. The molecule has 1 aromatic heterocycles. The lowest BCUT2D eigenvalue weighted by molar-refractivity contribution is -0.159. The number of hydrogen-bond acceptors (Lipinski definition) is 7. The minimum absolute atomic E-state index is 0.311. The van der Waals surface area contributed by atoms with E-state index in [2.05, 4.69) is 5.32 Å². The molecule has 3 aromatic rings. The highest BCUT2D eigenvalue weighted by molar-refractivity contribution is 6.27. The van der Waals surface area contributed by atoms with Crippen LogP contribution in [0.5, 0.6) is 11.5 Å². The number of benzene rings is 2. The van der Waals surface area contributed by atoms with Gasteiger partial charge in [-0.2, -0.15) is 0 Å². The van der Waals surface area contributed by atoms with Gasteiger partial charge < -0.3 is 34.3 Å². The first-order valence-corrected chi connectivity index (χ1v) is 11.1. The summed E-state index contributed by atoms with van der Waals surface area (Å²) >= 11 is 0. The highest BCUT2D eigenvalue weighted by atomic mass is 16.5. The maximum absolute atomic E-state index is 12.3. The number of hydrogen-bond donors (Lipinski definition) is 3. The molecule has 0 atom stereocenters. The van der Waals surface area contributed by atoms with Gasteiger partial charge in [0, 0.05) is 18.4 Å². The van der Waals surface area contributed by atoms with Crippen molar-refractivity contribution in [2.45, 2.75) is 19.9 Å². The van der Waals surface area contributed by atoms with Gasteiger partial charge in [-0.1, -0.05) is 18.2 Å². The Kier molecular flexibility index (Phi) is 11.0. The monoisotopic (exact) mass is 498 g/mol. The van der Waals surface area contributed by atoms with E-state index in [1.54, 1.807) is 20.3 Å². The van der Waals surface area contributed by atoms with Crippen LogP contribution < -0.4 is 14.8 Å². The second kappa shape index (κ2) is 14.2. The van der Waals surface area contributed by atoms with E-state index in [9.17, 15) is 4.79 Å². The summed E-state index contributed by atoms with van der Waals surface area (Å²) in [4.78, 5) is 30.5. The molecule has 0 unspecified atom stereocenters. The Morgan fingerprint density at radius 1 is 0.917 bits per heavy atom. The molecule has 1 heterocycles. The minimum atomic E-state index is -1.82. The Labute approximate surface area is 209 Å². The number of carbonyl (C=O) groups is 3. The molecule has 192 valence electrons. The number of methoxy groups -OCH3 is 2. The van der Waals surface area contributed by atoms with Crippen LogP contribution in [0.15, 0.2) is 60.8 Å². The quantitative estimate of drug-likeness (QED) is 0.219. The lowest BCUT2D eigenvalue weighted by atomic mass is 10.1. The van der Waals surface area contributed by atoms with E-state index in [0.717, 1.165) is 35.8 Å². The minimum Gasteiger partial charge on any atom is -0.493 e. The molecule has 0 aliphatic carbocycles. The Bertz CT molecular complexity index is 1160. The van der Waals surface area contributed by atoms with E-state index in [0.29, 0.717) is 18.7 Å². The highest BCUT2D eigenvalue weighted by Crippen LogP contribution is 2.27. The van der Waals surface area contributed by atoms with Gasteiger partial charge in [0.05, 0.1) is 32.1 Å². The number of nitrogens with zero attached hydrogens (tertiary/aromatic N) is 1. The maximum Gasteiger partial charge on any atom is 0.414 e. The molecule has 2 aromatic carbocycles. The predicted molar refractivity (Wildman–Crippen MR) is 132 cm³/mol. The zero-order chi connectivity index (χ0) is 26.5. The summed E-state index contributed by atoms with van der Waals surface area (Å²) in [5.41, 5.74) is 3.61. The van der Waals surface area contributed by atoms with Gasteiger partial charge in [0.25, 0.3) is 0 Å². The number of carboxylic acid groups (broad SMARTS) is 2. The molecule has 0 aliphatic rings. The van der Waals surface area contributed by atoms with Gasteiger partial charge in [-0.25, -0.2) is 14.4 Å². The summed E-state index contributed by atoms with van der Waals surface area (Å²) in [5, 5.41) is 18.3. The molecule has 36 heavy (non-hydrogen) atoms. The van der Waals surface area contributed by atoms with Crippen molar-refractivity contribution in [2.24, 2.45) is 0 Å². The third kappa shape index (κ3) is 7.88. The molecular weight excluding hydrogens is 468 g/mol. The standard InChI is InChI=1S/C24H28N2O4.C2H2O4/c1-4-30-24(27)20-9-5-6-10-21(20)26-15-7-8-19(26)17-25-14-13-18-11-12-22(28-2)23(16-18)29-3;3-1(4)2(5)6/h5-12,15-16,25H,4,13-14,17H2,1-3H3;(H,3,4)(H,5,6). The van der Waals surface area contributed by atoms with Crippen molar-refractivity contribution in [1.29, 1.82) is 0 Å². The van der Waals surface area contributed by atoms with Gasteiger partial charge in [0.1, 0.15) is 0 Å². The van der Waals surface area contributed by atoms with E-state index >= 15 is 0 Å². The Balaban J connectivity index is 0.000000678. The summed E-state index contributed by atoms with van der Waals surface area (Å²) in [7, 11) is 3.27. The molecule has 10 heteroatoms. The summed E-state index contributed by atoms with van der Waals surface area (Å²) < 4.78 is 17.9. The second-order valence-electron chi connectivity index (χ2n) is 7.33. The number of rotatable bonds is 10. The van der Waals surface area contributed by atoms with E-state index in [4.69, 9.17) is 34.0 Å². The zero-order valence-electron chi connectivity index (χ0n) is 20.4. The number of aliphatic carboxylic acids is 2. The summed E-state index contributed by atoms with van der Waals surface area (Å²) in [5.74, 6) is -2.49. The molecule has 0 amide bonds. The molecular formula is C26H30N2O8.